The van der Waals surface area contributed by atoms with Gasteiger partial charge in [-0.25, -0.2) is 0 Å². The summed E-state index contributed by atoms with van der Waals surface area (Å²) in [5, 5.41) is 7.88. The quantitative estimate of drug-likeness (QED) is 0.815. The molecule has 0 unspecified atom stereocenters. The summed E-state index contributed by atoms with van der Waals surface area (Å²) in [6.07, 6.45) is 3.46. The highest BCUT2D eigenvalue weighted by molar-refractivity contribution is 6.30. The average Bonchev–Trinajstić information content (AvgIpc) is 2.53. The van der Waals surface area contributed by atoms with Gasteiger partial charge in [-0.3, -0.25) is 0 Å². The maximum Gasteiger partial charge on any atom is 0.0418 e. The molecule has 0 aliphatic carbocycles. The van der Waals surface area contributed by atoms with E-state index >= 15 is 0 Å². The van der Waals surface area contributed by atoms with E-state index in [1.807, 2.05) is 12.1 Å². The van der Waals surface area contributed by atoms with E-state index in [1.165, 1.54) is 35.2 Å². The molecule has 0 atom stereocenters. The van der Waals surface area contributed by atoms with Gasteiger partial charge in [-0.2, -0.15) is 0 Å². The van der Waals surface area contributed by atoms with Crippen LogP contribution in [0.4, 0.5) is 5.69 Å². The summed E-state index contributed by atoms with van der Waals surface area (Å²) in [6, 6.07) is 14.7. The van der Waals surface area contributed by atoms with E-state index in [1.54, 1.807) is 0 Å². The minimum Gasteiger partial charge on any atom is -0.385 e. The van der Waals surface area contributed by atoms with E-state index in [9.17, 15) is 0 Å². The predicted molar refractivity (Wildman–Crippen MR) is 90.1 cm³/mol. The molecule has 2 N–H and O–H groups in total. The molecule has 21 heavy (non-hydrogen) atoms. The lowest BCUT2D eigenvalue weighted by atomic mass is 9.99. The van der Waals surface area contributed by atoms with Crippen LogP contribution < -0.4 is 10.6 Å². The Hall–Kier alpha value is -1.51. The molecule has 0 amide bonds. The summed E-state index contributed by atoms with van der Waals surface area (Å²) < 4.78 is 0. The average molecular weight is 301 g/mol. The van der Waals surface area contributed by atoms with Crippen molar-refractivity contribution in [1.82, 2.24) is 5.32 Å². The number of benzene rings is 2. The molecule has 0 bridgehead atoms. The lowest BCUT2D eigenvalue weighted by molar-refractivity contribution is 0.684. The zero-order valence-corrected chi connectivity index (χ0v) is 12.9. The Bertz CT molecular complexity index is 593. The standard InChI is InChI=1S/C18H21ClN2/c19-17-8-6-14(7-9-17)10-12-20-13-16-4-1-3-15-5-2-11-21-18(15)16/h1,3-4,6-9,20-21H,2,5,10-13H2. The van der Waals surface area contributed by atoms with Gasteiger partial charge in [0.15, 0.2) is 0 Å². The molecule has 2 aromatic carbocycles. The topological polar surface area (TPSA) is 24.1 Å². The van der Waals surface area contributed by atoms with Crippen LogP contribution in [0.15, 0.2) is 42.5 Å². The predicted octanol–water partition coefficient (Wildman–Crippen LogP) is 4.03. The summed E-state index contributed by atoms with van der Waals surface area (Å²) in [4.78, 5) is 0. The first-order valence-corrected chi connectivity index (χ1v) is 8.00. The number of nitrogens with one attached hydrogen (secondary N) is 2. The van der Waals surface area contributed by atoms with Gasteiger partial charge in [-0.1, -0.05) is 41.9 Å². The normalized spacial score (nSPS) is 13.6. The zero-order valence-electron chi connectivity index (χ0n) is 12.2. The smallest absolute Gasteiger partial charge is 0.0418 e. The summed E-state index contributed by atoms with van der Waals surface area (Å²) in [5.74, 6) is 0. The number of aryl methyl sites for hydroxylation is 1. The van der Waals surface area contributed by atoms with Crippen molar-refractivity contribution in [2.75, 3.05) is 18.4 Å². The van der Waals surface area contributed by atoms with Crippen LogP contribution in [0.25, 0.3) is 0 Å². The monoisotopic (exact) mass is 300 g/mol. The number of halogens is 1. The molecule has 3 rings (SSSR count). The Kier molecular flexibility index (Phi) is 4.79. The van der Waals surface area contributed by atoms with E-state index in [0.717, 1.165) is 31.1 Å². The van der Waals surface area contributed by atoms with Gasteiger partial charge in [0.05, 0.1) is 0 Å². The number of hydrogen-bond acceptors (Lipinski definition) is 2. The van der Waals surface area contributed by atoms with Gasteiger partial charge in [0, 0.05) is 23.8 Å². The summed E-state index contributed by atoms with van der Waals surface area (Å²) in [6.45, 7) is 2.99. The molecule has 3 heteroatoms. The van der Waals surface area contributed by atoms with E-state index < -0.39 is 0 Å². The third-order valence-corrected chi connectivity index (χ3v) is 4.23. The second-order valence-electron chi connectivity index (χ2n) is 5.53. The van der Waals surface area contributed by atoms with Crippen molar-refractivity contribution in [1.29, 1.82) is 0 Å². The highest BCUT2D eigenvalue weighted by Crippen LogP contribution is 2.25. The molecule has 110 valence electrons. The molecule has 2 nitrogen and oxygen atoms in total. The second kappa shape index (κ2) is 6.97. The van der Waals surface area contributed by atoms with Gasteiger partial charge >= 0.3 is 0 Å². The van der Waals surface area contributed by atoms with Crippen LogP contribution in [-0.4, -0.2) is 13.1 Å². The first kappa shape index (κ1) is 14.4. The summed E-state index contributed by atoms with van der Waals surface area (Å²) in [7, 11) is 0. The van der Waals surface area contributed by atoms with Crippen LogP contribution in [0.1, 0.15) is 23.1 Å². The van der Waals surface area contributed by atoms with E-state index in [4.69, 9.17) is 11.6 Å². The number of rotatable bonds is 5. The molecular weight excluding hydrogens is 280 g/mol. The molecule has 2 aromatic rings. The zero-order chi connectivity index (χ0) is 14.5. The largest absolute Gasteiger partial charge is 0.385 e. The molecule has 1 aliphatic heterocycles. The Morgan fingerprint density at radius 3 is 2.81 bits per heavy atom. The van der Waals surface area contributed by atoms with Crippen LogP contribution in [0.3, 0.4) is 0 Å². The van der Waals surface area contributed by atoms with Gasteiger partial charge in [-0.15, -0.1) is 0 Å². The highest BCUT2D eigenvalue weighted by Gasteiger charge is 2.11. The molecule has 0 radical (unpaired) electrons. The van der Waals surface area contributed by atoms with Gasteiger partial charge < -0.3 is 10.6 Å². The van der Waals surface area contributed by atoms with Crippen LogP contribution in [0.2, 0.25) is 5.02 Å². The lowest BCUT2D eigenvalue weighted by Gasteiger charge is -2.21. The molecule has 0 spiro atoms. The van der Waals surface area contributed by atoms with Gasteiger partial charge in [0.25, 0.3) is 0 Å². The molecular formula is C18H21ClN2. The third kappa shape index (κ3) is 3.78. The maximum absolute atomic E-state index is 5.90. The van der Waals surface area contributed by atoms with Crippen LogP contribution in [0.5, 0.6) is 0 Å². The fourth-order valence-electron chi connectivity index (χ4n) is 2.84. The molecule has 0 fully saturated rings. The summed E-state index contributed by atoms with van der Waals surface area (Å²) >= 11 is 5.90. The Balaban J connectivity index is 1.53. The van der Waals surface area contributed by atoms with Crippen molar-refractivity contribution in [3.63, 3.8) is 0 Å². The Morgan fingerprint density at radius 1 is 1.10 bits per heavy atom. The van der Waals surface area contributed by atoms with Crippen molar-refractivity contribution >= 4 is 17.3 Å². The number of para-hydroxylation sites is 1. The van der Waals surface area contributed by atoms with Crippen molar-refractivity contribution in [3.05, 3.63) is 64.2 Å². The van der Waals surface area contributed by atoms with Crippen LogP contribution in [-0.2, 0) is 19.4 Å². The molecule has 1 aliphatic rings. The van der Waals surface area contributed by atoms with E-state index in [0.29, 0.717) is 0 Å². The fourth-order valence-corrected chi connectivity index (χ4v) is 2.96. The first-order valence-electron chi connectivity index (χ1n) is 7.63. The van der Waals surface area contributed by atoms with Crippen molar-refractivity contribution in [2.45, 2.75) is 25.8 Å². The van der Waals surface area contributed by atoms with Crippen LogP contribution >= 0.6 is 11.6 Å². The Labute approximate surface area is 131 Å². The number of fused-ring (bicyclic) bond motifs is 1. The fraction of sp³-hybridized carbons (Fsp3) is 0.333. The van der Waals surface area contributed by atoms with Gasteiger partial charge in [0.2, 0.25) is 0 Å². The molecule has 0 saturated carbocycles. The molecule has 1 heterocycles. The number of hydrogen-bond donors (Lipinski definition) is 2. The van der Waals surface area contributed by atoms with Crippen LogP contribution in [0, 0.1) is 0 Å². The van der Waals surface area contributed by atoms with E-state index in [2.05, 4.69) is 41.0 Å². The lowest BCUT2D eigenvalue weighted by Crippen LogP contribution is -2.20. The SMILES string of the molecule is Clc1ccc(CCNCc2cccc3c2NCCC3)cc1. The Morgan fingerprint density at radius 2 is 1.95 bits per heavy atom. The van der Waals surface area contributed by atoms with Crippen molar-refractivity contribution < 1.29 is 0 Å². The second-order valence-corrected chi connectivity index (χ2v) is 5.97. The third-order valence-electron chi connectivity index (χ3n) is 3.98. The molecule has 0 saturated heterocycles. The van der Waals surface area contributed by atoms with Gasteiger partial charge in [-0.05, 0) is 54.6 Å². The first-order chi connectivity index (χ1) is 10.3. The minimum atomic E-state index is 0.800. The highest BCUT2D eigenvalue weighted by atomic mass is 35.5. The van der Waals surface area contributed by atoms with Crippen molar-refractivity contribution in [2.24, 2.45) is 0 Å². The molecule has 0 aromatic heterocycles. The maximum atomic E-state index is 5.90. The minimum absolute atomic E-state index is 0.800. The van der Waals surface area contributed by atoms with Crippen molar-refractivity contribution in [3.8, 4) is 0 Å². The number of anilines is 1. The van der Waals surface area contributed by atoms with Gasteiger partial charge in [0.1, 0.15) is 0 Å². The van der Waals surface area contributed by atoms with E-state index in [-0.39, 0.29) is 0 Å². The summed E-state index contributed by atoms with van der Waals surface area (Å²) in [5.41, 5.74) is 5.50.